The molecular formula is C13H20N2O3. The summed E-state index contributed by atoms with van der Waals surface area (Å²) in [4.78, 5) is 13.6. The molecule has 0 aromatic carbocycles. The summed E-state index contributed by atoms with van der Waals surface area (Å²) < 4.78 is 5.21. The van der Waals surface area contributed by atoms with Crippen LogP contribution in [0.3, 0.4) is 0 Å². The van der Waals surface area contributed by atoms with E-state index in [9.17, 15) is 4.79 Å². The predicted octanol–water partition coefficient (Wildman–Crippen LogP) is 0.919. The van der Waals surface area contributed by atoms with Crippen molar-refractivity contribution in [1.29, 1.82) is 0 Å². The lowest BCUT2D eigenvalue weighted by Gasteiger charge is -2.39. The van der Waals surface area contributed by atoms with Crippen molar-refractivity contribution in [3.05, 3.63) is 28.3 Å². The zero-order valence-electron chi connectivity index (χ0n) is 10.9. The van der Waals surface area contributed by atoms with Gasteiger partial charge in [0.2, 0.25) is 5.43 Å². The van der Waals surface area contributed by atoms with Gasteiger partial charge >= 0.3 is 0 Å². The molecule has 1 aromatic heterocycles. The molecule has 5 heteroatoms. The fraction of sp³-hybridized carbons (Fsp3) is 0.615. The van der Waals surface area contributed by atoms with Crippen LogP contribution in [0.5, 0.6) is 5.75 Å². The maximum atomic E-state index is 11.3. The highest BCUT2D eigenvalue weighted by molar-refractivity contribution is 5.15. The first-order valence-electron chi connectivity index (χ1n) is 6.24. The van der Waals surface area contributed by atoms with Crippen molar-refractivity contribution in [1.82, 2.24) is 10.2 Å². The van der Waals surface area contributed by atoms with Crippen LogP contribution in [0.25, 0.3) is 0 Å². The van der Waals surface area contributed by atoms with E-state index in [1.54, 1.807) is 0 Å². The Morgan fingerprint density at radius 3 is 2.72 bits per heavy atom. The number of nitrogens with one attached hydrogen (secondary N) is 1. The fourth-order valence-electron chi connectivity index (χ4n) is 2.20. The average molecular weight is 252 g/mol. The highest BCUT2D eigenvalue weighted by atomic mass is 16.4. The van der Waals surface area contributed by atoms with Gasteiger partial charge in [-0.2, -0.15) is 0 Å². The molecule has 1 saturated heterocycles. The van der Waals surface area contributed by atoms with Crippen molar-refractivity contribution < 1.29 is 9.52 Å². The molecule has 0 aliphatic carbocycles. The molecule has 0 amide bonds. The molecule has 1 aliphatic rings. The smallest absolute Gasteiger partial charge is 0.226 e. The molecular weight excluding hydrogens is 232 g/mol. The Hall–Kier alpha value is -1.33. The van der Waals surface area contributed by atoms with Gasteiger partial charge in [0.25, 0.3) is 0 Å². The maximum absolute atomic E-state index is 11.3. The molecule has 0 radical (unpaired) electrons. The molecule has 0 atom stereocenters. The van der Waals surface area contributed by atoms with Crippen molar-refractivity contribution in [3.8, 4) is 5.75 Å². The Balaban J connectivity index is 1.95. The molecule has 18 heavy (non-hydrogen) atoms. The molecule has 5 nitrogen and oxygen atoms in total. The third kappa shape index (κ3) is 2.91. The van der Waals surface area contributed by atoms with E-state index in [-0.39, 0.29) is 16.7 Å². The normalized spacial score (nSPS) is 19.9. The monoisotopic (exact) mass is 252 g/mol. The number of hydrogen-bond donors (Lipinski definition) is 2. The van der Waals surface area contributed by atoms with E-state index in [0.717, 1.165) is 32.2 Å². The SMILES string of the molecule is CNC1(C)CCN(Cc2cc(=O)c(O)co2)CC1. The van der Waals surface area contributed by atoms with E-state index in [0.29, 0.717) is 12.3 Å². The molecule has 100 valence electrons. The van der Waals surface area contributed by atoms with Crippen LogP contribution in [-0.2, 0) is 6.54 Å². The molecule has 0 bridgehead atoms. The fourth-order valence-corrected chi connectivity index (χ4v) is 2.20. The summed E-state index contributed by atoms with van der Waals surface area (Å²) >= 11 is 0. The number of likely N-dealkylation sites (tertiary alicyclic amines) is 1. The second-order valence-corrected chi connectivity index (χ2v) is 5.18. The third-order valence-corrected chi connectivity index (χ3v) is 3.81. The minimum atomic E-state index is -0.381. The lowest BCUT2D eigenvalue weighted by Crippen LogP contribution is -2.49. The number of piperidine rings is 1. The van der Waals surface area contributed by atoms with Gasteiger partial charge in [-0.25, -0.2) is 0 Å². The lowest BCUT2D eigenvalue weighted by atomic mass is 9.90. The Kier molecular flexibility index (Phi) is 3.73. The molecule has 2 rings (SSSR count). The molecule has 0 spiro atoms. The van der Waals surface area contributed by atoms with Gasteiger partial charge in [-0.3, -0.25) is 9.69 Å². The Labute approximate surface area is 106 Å². The lowest BCUT2D eigenvalue weighted by molar-refractivity contribution is 0.137. The van der Waals surface area contributed by atoms with Crippen LogP contribution in [0, 0.1) is 0 Å². The average Bonchev–Trinajstić information content (AvgIpc) is 2.37. The molecule has 1 fully saturated rings. The molecule has 0 saturated carbocycles. The summed E-state index contributed by atoms with van der Waals surface area (Å²) in [5.41, 5.74) is -0.167. The van der Waals surface area contributed by atoms with Crippen molar-refractivity contribution in [2.24, 2.45) is 0 Å². The Morgan fingerprint density at radius 1 is 1.50 bits per heavy atom. The van der Waals surface area contributed by atoms with Crippen LogP contribution in [0.15, 0.2) is 21.5 Å². The van der Waals surface area contributed by atoms with Crippen molar-refractivity contribution in [2.75, 3.05) is 20.1 Å². The van der Waals surface area contributed by atoms with E-state index >= 15 is 0 Å². The van der Waals surface area contributed by atoms with Crippen molar-refractivity contribution >= 4 is 0 Å². The standard InChI is InChI=1S/C13H20N2O3/c1-13(14-2)3-5-15(6-4-13)8-10-7-11(16)12(17)9-18-10/h7,9,14,17H,3-6,8H2,1-2H3. The number of hydrogen-bond acceptors (Lipinski definition) is 5. The van der Waals surface area contributed by atoms with E-state index in [1.807, 2.05) is 7.05 Å². The summed E-state index contributed by atoms with van der Waals surface area (Å²) in [6.45, 7) is 4.80. The summed E-state index contributed by atoms with van der Waals surface area (Å²) in [5, 5.41) is 12.5. The summed E-state index contributed by atoms with van der Waals surface area (Å²) in [7, 11) is 1.99. The Morgan fingerprint density at radius 2 is 2.17 bits per heavy atom. The first-order chi connectivity index (χ1) is 8.52. The highest BCUT2D eigenvalue weighted by Crippen LogP contribution is 2.22. The number of nitrogens with zero attached hydrogens (tertiary/aromatic N) is 1. The van der Waals surface area contributed by atoms with E-state index in [1.165, 1.54) is 6.07 Å². The van der Waals surface area contributed by atoms with Crippen molar-refractivity contribution in [3.63, 3.8) is 0 Å². The van der Waals surface area contributed by atoms with E-state index < -0.39 is 0 Å². The first kappa shape index (κ1) is 13.1. The summed E-state index contributed by atoms with van der Waals surface area (Å²) in [5.74, 6) is 0.269. The van der Waals surface area contributed by atoms with Crippen LogP contribution >= 0.6 is 0 Å². The van der Waals surface area contributed by atoms with E-state index in [4.69, 9.17) is 9.52 Å². The van der Waals surface area contributed by atoms with Gasteiger partial charge in [0.05, 0.1) is 6.54 Å². The quantitative estimate of drug-likeness (QED) is 0.837. The number of rotatable bonds is 3. The zero-order valence-corrected chi connectivity index (χ0v) is 10.9. The summed E-state index contributed by atoms with van der Waals surface area (Å²) in [6.07, 6.45) is 3.26. The first-order valence-corrected chi connectivity index (χ1v) is 6.24. The van der Waals surface area contributed by atoms with Gasteiger partial charge in [-0.1, -0.05) is 0 Å². The zero-order chi connectivity index (χ0) is 13.2. The van der Waals surface area contributed by atoms with Gasteiger partial charge in [0.1, 0.15) is 12.0 Å². The van der Waals surface area contributed by atoms with Gasteiger partial charge in [0, 0.05) is 24.7 Å². The van der Waals surface area contributed by atoms with Crippen molar-refractivity contribution in [2.45, 2.75) is 31.8 Å². The van der Waals surface area contributed by atoms with Crippen LogP contribution in [0.4, 0.5) is 0 Å². The summed E-state index contributed by atoms with van der Waals surface area (Å²) in [6, 6.07) is 1.36. The molecule has 2 heterocycles. The molecule has 1 aromatic rings. The van der Waals surface area contributed by atoms with Gasteiger partial charge in [0.15, 0.2) is 5.75 Å². The van der Waals surface area contributed by atoms with Gasteiger partial charge in [-0.15, -0.1) is 0 Å². The third-order valence-electron chi connectivity index (χ3n) is 3.81. The molecule has 0 unspecified atom stereocenters. The topological polar surface area (TPSA) is 65.7 Å². The van der Waals surface area contributed by atoms with Crippen LogP contribution in [0.1, 0.15) is 25.5 Å². The minimum absolute atomic E-state index is 0.215. The number of aromatic hydroxyl groups is 1. The molecule has 2 N–H and O–H groups in total. The van der Waals surface area contributed by atoms with Crippen LogP contribution < -0.4 is 10.7 Å². The highest BCUT2D eigenvalue weighted by Gasteiger charge is 2.28. The minimum Gasteiger partial charge on any atom is -0.502 e. The largest absolute Gasteiger partial charge is 0.502 e. The van der Waals surface area contributed by atoms with Crippen LogP contribution in [0.2, 0.25) is 0 Å². The van der Waals surface area contributed by atoms with Gasteiger partial charge < -0.3 is 14.8 Å². The second-order valence-electron chi connectivity index (χ2n) is 5.18. The van der Waals surface area contributed by atoms with E-state index in [2.05, 4.69) is 17.1 Å². The second kappa shape index (κ2) is 5.12. The Bertz CT molecular complexity index is 462. The van der Waals surface area contributed by atoms with Gasteiger partial charge in [-0.05, 0) is 26.8 Å². The predicted molar refractivity (Wildman–Crippen MR) is 68.6 cm³/mol. The van der Waals surface area contributed by atoms with Crippen LogP contribution in [-0.4, -0.2) is 35.7 Å². The maximum Gasteiger partial charge on any atom is 0.226 e. The molecule has 1 aliphatic heterocycles.